The quantitative estimate of drug-likeness (QED) is 0.789. The van der Waals surface area contributed by atoms with E-state index in [1.807, 2.05) is 19.1 Å². The summed E-state index contributed by atoms with van der Waals surface area (Å²) < 4.78 is 0. The minimum absolute atomic E-state index is 0.566. The predicted octanol–water partition coefficient (Wildman–Crippen LogP) is 1.48. The molecule has 0 radical (unpaired) electrons. The summed E-state index contributed by atoms with van der Waals surface area (Å²) in [6, 6.07) is 6.03. The van der Waals surface area contributed by atoms with Crippen LogP contribution < -0.4 is 10.6 Å². The van der Waals surface area contributed by atoms with Gasteiger partial charge in [0.15, 0.2) is 0 Å². The Kier molecular flexibility index (Phi) is 2.52. The minimum Gasteiger partial charge on any atom is -0.366 e. The maximum atomic E-state index is 4.16. The lowest BCUT2D eigenvalue weighted by atomic mass is 10.00. The smallest absolute Gasteiger partial charge is 0.148 e. The van der Waals surface area contributed by atoms with Gasteiger partial charge >= 0.3 is 0 Å². The van der Waals surface area contributed by atoms with Crippen molar-refractivity contribution in [2.75, 3.05) is 5.32 Å². The maximum absolute atomic E-state index is 4.16. The first-order valence-corrected chi connectivity index (χ1v) is 6.12. The standard InChI is InChI=1S/C12H18N4/c1-8-2-5-12(16-15-8)14-11-6-9-3-4-10(7-11)13-9/h2,5,9-11,13H,3-4,6-7H2,1H3,(H,14,16). The van der Waals surface area contributed by atoms with Crippen LogP contribution in [-0.2, 0) is 0 Å². The van der Waals surface area contributed by atoms with Crippen molar-refractivity contribution in [3.8, 4) is 0 Å². The van der Waals surface area contributed by atoms with Gasteiger partial charge in [0.1, 0.15) is 5.82 Å². The lowest BCUT2D eigenvalue weighted by Crippen LogP contribution is -2.43. The van der Waals surface area contributed by atoms with E-state index in [1.54, 1.807) is 0 Å². The van der Waals surface area contributed by atoms with Crippen LogP contribution >= 0.6 is 0 Å². The summed E-state index contributed by atoms with van der Waals surface area (Å²) in [5.41, 5.74) is 0.968. The molecule has 2 bridgehead atoms. The van der Waals surface area contributed by atoms with Gasteiger partial charge in [-0.25, -0.2) is 0 Å². The van der Waals surface area contributed by atoms with Crippen molar-refractivity contribution >= 4 is 5.82 Å². The van der Waals surface area contributed by atoms with E-state index in [1.165, 1.54) is 25.7 Å². The molecule has 3 rings (SSSR count). The lowest BCUT2D eigenvalue weighted by molar-refractivity contribution is 0.377. The third kappa shape index (κ3) is 2.02. The number of aromatic nitrogens is 2. The van der Waals surface area contributed by atoms with Gasteiger partial charge in [-0.2, -0.15) is 5.10 Å². The summed E-state index contributed by atoms with van der Waals surface area (Å²) in [5, 5.41) is 15.4. The second kappa shape index (κ2) is 4.01. The molecule has 0 amide bonds. The Morgan fingerprint density at radius 1 is 1.19 bits per heavy atom. The van der Waals surface area contributed by atoms with E-state index < -0.39 is 0 Å². The monoisotopic (exact) mass is 218 g/mol. The first-order chi connectivity index (χ1) is 7.79. The fourth-order valence-electron chi connectivity index (χ4n) is 2.86. The summed E-state index contributed by atoms with van der Waals surface area (Å²) in [6.45, 7) is 1.96. The second-order valence-electron chi connectivity index (χ2n) is 5.01. The van der Waals surface area contributed by atoms with Crippen LogP contribution in [0.3, 0.4) is 0 Å². The number of nitrogens with zero attached hydrogens (tertiary/aromatic N) is 2. The maximum Gasteiger partial charge on any atom is 0.148 e. The van der Waals surface area contributed by atoms with Gasteiger partial charge in [0.05, 0.1) is 5.69 Å². The van der Waals surface area contributed by atoms with Gasteiger partial charge in [0.25, 0.3) is 0 Å². The van der Waals surface area contributed by atoms with Crippen LogP contribution in [0.1, 0.15) is 31.4 Å². The van der Waals surface area contributed by atoms with Gasteiger partial charge in [0.2, 0.25) is 0 Å². The van der Waals surface area contributed by atoms with Gasteiger partial charge in [0, 0.05) is 18.1 Å². The SMILES string of the molecule is Cc1ccc(NC2CC3CCC(C2)N3)nn1. The lowest BCUT2D eigenvalue weighted by Gasteiger charge is -2.29. The predicted molar refractivity (Wildman–Crippen MR) is 63.4 cm³/mol. The summed E-state index contributed by atoms with van der Waals surface area (Å²) in [4.78, 5) is 0. The summed E-state index contributed by atoms with van der Waals surface area (Å²) >= 11 is 0. The minimum atomic E-state index is 0.566. The molecule has 2 fully saturated rings. The second-order valence-corrected chi connectivity index (χ2v) is 5.01. The molecule has 0 spiro atoms. The van der Waals surface area contributed by atoms with E-state index in [2.05, 4.69) is 20.8 Å². The molecule has 4 heteroatoms. The molecular weight excluding hydrogens is 200 g/mol. The van der Waals surface area contributed by atoms with Crippen molar-refractivity contribution in [3.05, 3.63) is 17.8 Å². The summed E-state index contributed by atoms with van der Waals surface area (Å²) in [5.74, 6) is 0.914. The van der Waals surface area contributed by atoms with Crippen LogP contribution in [0, 0.1) is 6.92 Å². The number of aryl methyl sites for hydroxylation is 1. The van der Waals surface area contributed by atoms with Gasteiger partial charge in [-0.15, -0.1) is 5.10 Å². The van der Waals surface area contributed by atoms with E-state index in [9.17, 15) is 0 Å². The zero-order valence-corrected chi connectivity index (χ0v) is 9.61. The highest BCUT2D eigenvalue weighted by Gasteiger charge is 2.33. The third-order valence-corrected chi connectivity index (χ3v) is 3.62. The number of hydrogen-bond donors (Lipinski definition) is 2. The normalized spacial score (nSPS) is 32.7. The number of hydrogen-bond acceptors (Lipinski definition) is 4. The van der Waals surface area contributed by atoms with Crippen LogP contribution in [0.2, 0.25) is 0 Å². The molecule has 2 aliphatic rings. The molecule has 2 saturated heterocycles. The summed E-state index contributed by atoms with van der Waals surface area (Å²) in [7, 11) is 0. The Hall–Kier alpha value is -1.16. The van der Waals surface area contributed by atoms with E-state index >= 15 is 0 Å². The van der Waals surface area contributed by atoms with Crippen LogP contribution in [0.25, 0.3) is 0 Å². The van der Waals surface area contributed by atoms with Crippen molar-refractivity contribution in [1.82, 2.24) is 15.5 Å². The van der Waals surface area contributed by atoms with E-state index in [4.69, 9.17) is 0 Å². The fraction of sp³-hybridized carbons (Fsp3) is 0.667. The zero-order valence-electron chi connectivity index (χ0n) is 9.61. The number of fused-ring (bicyclic) bond motifs is 2. The Balaban J connectivity index is 1.64. The molecule has 1 aromatic rings. The molecule has 0 aromatic carbocycles. The molecule has 0 aliphatic carbocycles. The van der Waals surface area contributed by atoms with Crippen molar-refractivity contribution in [1.29, 1.82) is 0 Å². The van der Waals surface area contributed by atoms with Crippen LogP contribution in [0.5, 0.6) is 0 Å². The summed E-state index contributed by atoms with van der Waals surface area (Å²) in [6.07, 6.45) is 5.10. The number of anilines is 1. The molecule has 3 heterocycles. The zero-order chi connectivity index (χ0) is 11.0. The van der Waals surface area contributed by atoms with E-state index in [-0.39, 0.29) is 0 Å². The van der Waals surface area contributed by atoms with Crippen molar-refractivity contribution in [3.63, 3.8) is 0 Å². The molecule has 0 saturated carbocycles. The van der Waals surface area contributed by atoms with Gasteiger partial charge < -0.3 is 10.6 Å². The van der Waals surface area contributed by atoms with Gasteiger partial charge in [-0.3, -0.25) is 0 Å². The Bertz CT molecular complexity index is 350. The first-order valence-electron chi connectivity index (χ1n) is 6.12. The molecule has 4 nitrogen and oxygen atoms in total. The van der Waals surface area contributed by atoms with Crippen molar-refractivity contribution in [2.24, 2.45) is 0 Å². The van der Waals surface area contributed by atoms with Crippen molar-refractivity contribution in [2.45, 2.75) is 50.7 Å². The van der Waals surface area contributed by atoms with Gasteiger partial charge in [-0.1, -0.05) is 0 Å². The molecule has 16 heavy (non-hydrogen) atoms. The molecule has 2 unspecified atom stereocenters. The topological polar surface area (TPSA) is 49.8 Å². The highest BCUT2D eigenvalue weighted by atomic mass is 15.2. The number of nitrogens with one attached hydrogen (secondary N) is 2. The Labute approximate surface area is 95.8 Å². The fourth-order valence-corrected chi connectivity index (χ4v) is 2.86. The number of piperidine rings is 1. The van der Waals surface area contributed by atoms with Crippen molar-refractivity contribution < 1.29 is 0 Å². The molecule has 2 aliphatic heterocycles. The first kappa shape index (κ1) is 10.0. The highest BCUT2D eigenvalue weighted by Crippen LogP contribution is 2.28. The van der Waals surface area contributed by atoms with Crippen LogP contribution in [0.15, 0.2) is 12.1 Å². The molecule has 2 N–H and O–H groups in total. The third-order valence-electron chi connectivity index (χ3n) is 3.62. The van der Waals surface area contributed by atoms with Crippen LogP contribution in [0.4, 0.5) is 5.82 Å². The average Bonchev–Trinajstić information content (AvgIpc) is 2.62. The average molecular weight is 218 g/mol. The van der Waals surface area contributed by atoms with Gasteiger partial charge in [-0.05, 0) is 44.7 Å². The number of rotatable bonds is 2. The molecule has 2 atom stereocenters. The van der Waals surface area contributed by atoms with E-state index in [0.717, 1.165) is 23.6 Å². The largest absolute Gasteiger partial charge is 0.366 e. The molecule has 1 aromatic heterocycles. The molecular formula is C12H18N4. The van der Waals surface area contributed by atoms with E-state index in [0.29, 0.717) is 6.04 Å². The molecule has 86 valence electrons. The van der Waals surface area contributed by atoms with Crippen LogP contribution in [-0.4, -0.2) is 28.3 Å². The Morgan fingerprint density at radius 2 is 1.94 bits per heavy atom. The highest BCUT2D eigenvalue weighted by molar-refractivity contribution is 5.34. The Morgan fingerprint density at radius 3 is 2.56 bits per heavy atom.